The molecule has 2 rings (SSSR count). The molecule has 0 unspecified atom stereocenters. The van der Waals surface area contributed by atoms with Crippen molar-refractivity contribution < 1.29 is 9.59 Å². The Morgan fingerprint density at radius 1 is 1.44 bits per heavy atom. The molecule has 0 fully saturated rings. The van der Waals surface area contributed by atoms with Gasteiger partial charge in [-0.2, -0.15) is 5.26 Å². The number of carbonyl (C=O) groups excluding carboxylic acids is 2. The second-order valence-electron chi connectivity index (χ2n) is 5.46. The standard InChI is InChI=1S/C19H17ClN4O2S/c1-4-9-22-18(26)14(11-21)10-16-17(20)23-19(27-16)24(13(3)25)15-8-6-5-7-12(15)2/h4-8,10H,1,9H2,2-3H3,(H,22,26)/b14-10+. The molecule has 1 aromatic heterocycles. The van der Waals surface area contributed by atoms with Crippen molar-refractivity contribution in [3.05, 3.63) is 58.1 Å². The number of halogens is 1. The number of nitrogens with one attached hydrogen (secondary N) is 1. The number of hydrogen-bond donors (Lipinski definition) is 1. The van der Waals surface area contributed by atoms with E-state index < -0.39 is 5.91 Å². The molecular weight excluding hydrogens is 384 g/mol. The van der Waals surface area contributed by atoms with Crippen LogP contribution in [0.25, 0.3) is 6.08 Å². The zero-order valence-corrected chi connectivity index (χ0v) is 16.4. The van der Waals surface area contributed by atoms with Gasteiger partial charge in [-0.1, -0.05) is 47.2 Å². The second kappa shape index (κ2) is 9.12. The average Bonchev–Trinajstić information content (AvgIpc) is 2.99. The number of benzene rings is 1. The maximum absolute atomic E-state index is 12.2. The van der Waals surface area contributed by atoms with Gasteiger partial charge in [-0.25, -0.2) is 4.98 Å². The smallest absolute Gasteiger partial charge is 0.262 e. The van der Waals surface area contributed by atoms with Crippen LogP contribution in [0.2, 0.25) is 5.15 Å². The highest BCUT2D eigenvalue weighted by atomic mass is 35.5. The van der Waals surface area contributed by atoms with Gasteiger partial charge in [-0.3, -0.25) is 14.5 Å². The third kappa shape index (κ3) is 4.82. The molecule has 1 aromatic carbocycles. The molecule has 2 aromatic rings. The molecule has 6 nitrogen and oxygen atoms in total. The van der Waals surface area contributed by atoms with E-state index in [1.54, 1.807) is 0 Å². The minimum absolute atomic E-state index is 0.110. The molecule has 0 saturated carbocycles. The molecule has 8 heteroatoms. The van der Waals surface area contributed by atoms with Gasteiger partial charge in [-0.15, -0.1) is 6.58 Å². The zero-order chi connectivity index (χ0) is 20.0. The highest BCUT2D eigenvalue weighted by molar-refractivity contribution is 7.17. The van der Waals surface area contributed by atoms with E-state index in [0.29, 0.717) is 15.7 Å². The highest BCUT2D eigenvalue weighted by Gasteiger charge is 2.22. The predicted octanol–water partition coefficient (Wildman–Crippen LogP) is 4.00. The molecular formula is C19H17ClN4O2S. The fourth-order valence-electron chi connectivity index (χ4n) is 2.25. The first-order valence-corrected chi connectivity index (χ1v) is 9.12. The van der Waals surface area contributed by atoms with Crippen LogP contribution in [0.1, 0.15) is 17.4 Å². The van der Waals surface area contributed by atoms with Crippen LogP contribution in [0.5, 0.6) is 0 Å². The number of amides is 2. The minimum atomic E-state index is -0.536. The van der Waals surface area contributed by atoms with Crippen molar-refractivity contribution in [2.24, 2.45) is 0 Å². The number of rotatable bonds is 6. The quantitative estimate of drug-likeness (QED) is 0.451. The minimum Gasteiger partial charge on any atom is -0.348 e. The van der Waals surface area contributed by atoms with E-state index in [4.69, 9.17) is 11.6 Å². The molecule has 0 atom stereocenters. The molecule has 0 radical (unpaired) electrons. The van der Waals surface area contributed by atoms with Gasteiger partial charge in [0.05, 0.1) is 10.6 Å². The summed E-state index contributed by atoms with van der Waals surface area (Å²) >= 11 is 7.31. The molecule has 0 aliphatic heterocycles. The van der Waals surface area contributed by atoms with E-state index in [9.17, 15) is 14.9 Å². The van der Waals surface area contributed by atoms with Gasteiger partial charge < -0.3 is 5.32 Å². The monoisotopic (exact) mass is 400 g/mol. The summed E-state index contributed by atoms with van der Waals surface area (Å²) in [6.45, 7) is 7.07. The molecule has 27 heavy (non-hydrogen) atoms. The largest absolute Gasteiger partial charge is 0.348 e. The predicted molar refractivity (Wildman–Crippen MR) is 108 cm³/mol. The van der Waals surface area contributed by atoms with Gasteiger partial charge in [0.15, 0.2) is 5.13 Å². The number of nitriles is 1. The van der Waals surface area contributed by atoms with Crippen LogP contribution in [-0.2, 0) is 9.59 Å². The van der Waals surface area contributed by atoms with Crippen LogP contribution < -0.4 is 10.2 Å². The Hall–Kier alpha value is -2.95. The summed E-state index contributed by atoms with van der Waals surface area (Å²) in [5, 5.41) is 12.2. The van der Waals surface area contributed by atoms with Crippen molar-refractivity contribution in [2.45, 2.75) is 13.8 Å². The van der Waals surface area contributed by atoms with Crippen molar-refractivity contribution in [1.29, 1.82) is 5.26 Å². The molecule has 2 amide bonds. The van der Waals surface area contributed by atoms with E-state index in [0.717, 1.165) is 16.9 Å². The lowest BCUT2D eigenvalue weighted by Gasteiger charge is -2.19. The van der Waals surface area contributed by atoms with Crippen molar-refractivity contribution in [2.75, 3.05) is 11.4 Å². The number of para-hydroxylation sites is 1. The number of thiazole rings is 1. The van der Waals surface area contributed by atoms with Crippen molar-refractivity contribution >= 4 is 51.6 Å². The van der Waals surface area contributed by atoms with Crippen LogP contribution in [-0.4, -0.2) is 23.3 Å². The molecule has 0 aliphatic carbocycles. The van der Waals surface area contributed by atoms with Gasteiger partial charge in [0.2, 0.25) is 5.91 Å². The van der Waals surface area contributed by atoms with Crippen LogP contribution in [0.15, 0.2) is 42.5 Å². The SMILES string of the molecule is C=CCNC(=O)/C(C#N)=C/c1sc(N(C(C)=O)c2ccccc2C)nc1Cl. The topological polar surface area (TPSA) is 86.1 Å². The van der Waals surface area contributed by atoms with E-state index in [1.807, 2.05) is 37.3 Å². The van der Waals surface area contributed by atoms with Crippen LogP contribution in [0.3, 0.4) is 0 Å². The number of aryl methyl sites for hydroxylation is 1. The van der Waals surface area contributed by atoms with Crippen LogP contribution in [0.4, 0.5) is 10.8 Å². The Morgan fingerprint density at radius 3 is 2.74 bits per heavy atom. The normalized spacial score (nSPS) is 10.8. The van der Waals surface area contributed by atoms with Crippen molar-refractivity contribution in [3.63, 3.8) is 0 Å². The Bertz CT molecular complexity index is 959. The van der Waals surface area contributed by atoms with E-state index in [2.05, 4.69) is 16.9 Å². The summed E-state index contributed by atoms with van der Waals surface area (Å²) in [5.74, 6) is -0.764. The van der Waals surface area contributed by atoms with Crippen molar-refractivity contribution in [3.8, 4) is 6.07 Å². The average molecular weight is 401 g/mol. The molecule has 0 saturated heterocycles. The molecule has 0 spiro atoms. The molecule has 138 valence electrons. The van der Waals surface area contributed by atoms with Gasteiger partial charge in [0.1, 0.15) is 16.8 Å². The molecule has 1 N–H and O–H groups in total. The summed E-state index contributed by atoms with van der Waals surface area (Å²) in [5.41, 5.74) is 1.48. The Labute approximate surface area is 166 Å². The summed E-state index contributed by atoms with van der Waals surface area (Å²) in [4.78, 5) is 30.3. The van der Waals surface area contributed by atoms with Gasteiger partial charge in [0.25, 0.3) is 5.91 Å². The summed E-state index contributed by atoms with van der Waals surface area (Å²) in [6.07, 6.45) is 2.87. The van der Waals surface area contributed by atoms with Crippen LogP contribution >= 0.6 is 22.9 Å². The number of carbonyl (C=O) groups is 2. The third-order valence-corrected chi connectivity index (χ3v) is 4.90. The number of hydrogen-bond acceptors (Lipinski definition) is 5. The Balaban J connectivity index is 2.44. The van der Waals surface area contributed by atoms with E-state index >= 15 is 0 Å². The fraction of sp³-hybridized carbons (Fsp3) is 0.158. The van der Waals surface area contributed by atoms with Crippen molar-refractivity contribution in [1.82, 2.24) is 10.3 Å². The van der Waals surface area contributed by atoms with E-state index in [-0.39, 0.29) is 23.2 Å². The first-order valence-electron chi connectivity index (χ1n) is 7.92. The maximum atomic E-state index is 12.2. The first kappa shape index (κ1) is 20.4. The summed E-state index contributed by atoms with van der Waals surface area (Å²) < 4.78 is 0. The maximum Gasteiger partial charge on any atom is 0.262 e. The first-order chi connectivity index (χ1) is 12.9. The van der Waals surface area contributed by atoms with E-state index in [1.165, 1.54) is 24.0 Å². The Kier molecular flexibility index (Phi) is 6.88. The fourth-order valence-corrected chi connectivity index (χ4v) is 3.51. The number of aromatic nitrogens is 1. The number of anilines is 2. The second-order valence-corrected chi connectivity index (χ2v) is 6.83. The number of nitrogens with zero attached hydrogens (tertiary/aromatic N) is 3. The van der Waals surface area contributed by atoms with Gasteiger partial charge in [0, 0.05) is 13.5 Å². The lowest BCUT2D eigenvalue weighted by molar-refractivity contribution is -0.117. The highest BCUT2D eigenvalue weighted by Crippen LogP contribution is 2.36. The summed E-state index contributed by atoms with van der Waals surface area (Å²) in [6, 6.07) is 9.24. The lowest BCUT2D eigenvalue weighted by atomic mass is 10.2. The zero-order valence-electron chi connectivity index (χ0n) is 14.8. The summed E-state index contributed by atoms with van der Waals surface area (Å²) in [7, 11) is 0. The third-order valence-electron chi connectivity index (χ3n) is 3.51. The van der Waals surface area contributed by atoms with Gasteiger partial charge in [-0.05, 0) is 24.6 Å². The lowest BCUT2D eigenvalue weighted by Crippen LogP contribution is -2.24. The van der Waals surface area contributed by atoms with Crippen LogP contribution in [0, 0.1) is 18.3 Å². The molecule has 0 bridgehead atoms. The molecule has 0 aliphatic rings. The Morgan fingerprint density at radius 2 is 2.15 bits per heavy atom. The van der Waals surface area contributed by atoms with Gasteiger partial charge >= 0.3 is 0 Å². The molecule has 1 heterocycles.